The molecule has 5 aromatic heterocycles. The third kappa shape index (κ3) is 5.50. The maximum atomic E-state index is 11.2. The maximum Gasteiger partial charge on any atom is 0.211 e. The van der Waals surface area contributed by atoms with Crippen LogP contribution in [-0.4, -0.2) is 19.1 Å². The second-order valence-corrected chi connectivity index (χ2v) is 17.3. The second kappa shape index (κ2) is 14.9. The van der Waals surface area contributed by atoms with Crippen LogP contribution in [0.2, 0.25) is 0 Å². The van der Waals surface area contributed by atoms with Crippen molar-refractivity contribution in [3.63, 3.8) is 0 Å². The summed E-state index contributed by atoms with van der Waals surface area (Å²) in [5.41, 5.74) is 11.5. The molecule has 0 radical (unpaired) electrons. The zero-order chi connectivity index (χ0) is 46.6. The van der Waals surface area contributed by atoms with E-state index in [0.717, 1.165) is 93.1 Å². The number of nitrogens with zero attached hydrogens (tertiary/aromatic N) is 7. The first-order valence-electron chi connectivity index (χ1n) is 22.7. The summed E-state index contributed by atoms with van der Waals surface area (Å²) >= 11 is 0. The Balaban J connectivity index is 0.974. The molecule has 322 valence electrons. The average molecular weight is 894 g/mol. The Hall–Kier alpha value is -10.3. The quantitative estimate of drug-likeness (QED) is 0.159. The fraction of sp³-hybridized carbons (Fsp3) is 0. The van der Waals surface area contributed by atoms with Crippen LogP contribution in [0.5, 0.6) is 0 Å². The number of para-hydroxylation sites is 4. The summed E-state index contributed by atoms with van der Waals surface area (Å²) in [6.07, 6.45) is 0. The molecule has 0 saturated carbocycles. The predicted octanol–water partition coefficient (Wildman–Crippen LogP) is 15.8. The molecule has 0 aliphatic carbocycles. The smallest absolute Gasteiger partial charge is 0.211 e. The normalized spacial score (nSPS) is 11.7. The Labute approximate surface area is 398 Å². The van der Waals surface area contributed by atoms with Gasteiger partial charge in [0.2, 0.25) is 5.69 Å². The summed E-state index contributed by atoms with van der Waals surface area (Å²) in [6, 6.07) is 66.6. The Morgan fingerprint density at radius 2 is 0.929 bits per heavy atom. The van der Waals surface area contributed by atoms with Crippen LogP contribution >= 0.6 is 0 Å². The summed E-state index contributed by atoms with van der Waals surface area (Å²) in [5, 5.41) is 30.2. The first-order valence-corrected chi connectivity index (χ1v) is 22.7. The van der Waals surface area contributed by atoms with Gasteiger partial charge in [-0.05, 0) is 66.2 Å². The van der Waals surface area contributed by atoms with Crippen LogP contribution in [0.15, 0.2) is 197 Å². The third-order valence-corrected chi connectivity index (χ3v) is 13.7. The van der Waals surface area contributed by atoms with Crippen molar-refractivity contribution in [2.24, 2.45) is 0 Å². The lowest BCUT2D eigenvalue weighted by atomic mass is 9.98. The van der Waals surface area contributed by atoms with Crippen molar-refractivity contribution in [1.82, 2.24) is 19.1 Å². The Kier molecular flexibility index (Phi) is 8.27. The molecule has 14 aromatic rings. The molecule has 0 bridgehead atoms. The molecule has 0 amide bonds. The van der Waals surface area contributed by atoms with Crippen molar-refractivity contribution in [3.05, 3.63) is 211 Å². The molecule has 9 heteroatoms. The van der Waals surface area contributed by atoms with Crippen molar-refractivity contribution in [2.45, 2.75) is 0 Å². The van der Waals surface area contributed by atoms with E-state index in [-0.39, 0.29) is 5.56 Å². The van der Waals surface area contributed by atoms with Gasteiger partial charge in [-0.2, -0.15) is 10.5 Å². The van der Waals surface area contributed by atoms with E-state index < -0.39 is 0 Å². The molecule has 9 nitrogen and oxygen atoms in total. The van der Waals surface area contributed by atoms with Gasteiger partial charge >= 0.3 is 0 Å². The molecule has 9 aromatic carbocycles. The molecule has 14 rings (SSSR count). The summed E-state index contributed by atoms with van der Waals surface area (Å²) < 4.78 is 17.4. The minimum atomic E-state index is 0.210. The molecule has 0 N–H and O–H groups in total. The minimum absolute atomic E-state index is 0.210. The van der Waals surface area contributed by atoms with Gasteiger partial charge in [-0.1, -0.05) is 127 Å². The standard InChI is InChI=1S/C61H31N7O2/c1-64-48-32-37(24-30-52(48)68-51-20-10-6-16-40(51)44-26-28-46-42-18-8-12-22-54(42)70-60(46)58(44)68)56-47(34-63)55(65-61(66-56)35-13-3-2-4-14-35)36-23-29-49(38(31-36)33-62)67-50-19-9-5-15-39(50)43-25-27-45-41-17-7-11-21-53(41)69-59(45)57(43)67/h2-32H. The molecule has 0 atom stereocenters. The molecule has 0 fully saturated rings. The van der Waals surface area contributed by atoms with E-state index in [4.69, 9.17) is 25.4 Å². The highest BCUT2D eigenvalue weighted by Gasteiger charge is 2.25. The van der Waals surface area contributed by atoms with Crippen molar-refractivity contribution >= 4 is 93.2 Å². The SMILES string of the molecule is [C-]#[N+]c1cc(-c2nc(-c3ccccc3)nc(-c3ccc(-n4c5ccccc5c5ccc6c7ccccc7oc6c54)c(C#N)c3)c2C#N)ccc1-n1c2ccccc2c2ccc3c4ccccc4oc3c21. The van der Waals surface area contributed by atoms with Gasteiger partial charge in [-0.25, -0.2) is 14.8 Å². The van der Waals surface area contributed by atoms with Crippen molar-refractivity contribution in [2.75, 3.05) is 0 Å². The number of furan rings is 2. The lowest BCUT2D eigenvalue weighted by molar-refractivity contribution is 0.670. The van der Waals surface area contributed by atoms with Crippen molar-refractivity contribution in [3.8, 4) is 57.4 Å². The van der Waals surface area contributed by atoms with Crippen LogP contribution < -0.4 is 0 Å². The molecular weight excluding hydrogens is 863 g/mol. The van der Waals surface area contributed by atoms with Crippen molar-refractivity contribution < 1.29 is 8.83 Å². The van der Waals surface area contributed by atoms with E-state index in [1.54, 1.807) is 12.1 Å². The number of hydrogen-bond acceptors (Lipinski definition) is 6. The van der Waals surface area contributed by atoms with Gasteiger partial charge in [0.05, 0.1) is 57.0 Å². The van der Waals surface area contributed by atoms with Gasteiger partial charge in [0, 0.05) is 54.2 Å². The number of rotatable bonds is 5. The highest BCUT2D eigenvalue weighted by molar-refractivity contribution is 6.23. The van der Waals surface area contributed by atoms with Crippen LogP contribution in [0.1, 0.15) is 11.1 Å². The third-order valence-electron chi connectivity index (χ3n) is 13.7. The van der Waals surface area contributed by atoms with Gasteiger partial charge in [0.15, 0.2) is 17.0 Å². The number of aromatic nitrogens is 4. The fourth-order valence-corrected chi connectivity index (χ4v) is 10.6. The van der Waals surface area contributed by atoms with E-state index in [1.807, 2.05) is 115 Å². The van der Waals surface area contributed by atoms with Gasteiger partial charge in [0.25, 0.3) is 0 Å². The molecule has 0 spiro atoms. The largest absolute Gasteiger partial charge is 0.454 e. The van der Waals surface area contributed by atoms with Crippen molar-refractivity contribution in [1.29, 1.82) is 10.5 Å². The first-order chi connectivity index (χ1) is 34.6. The van der Waals surface area contributed by atoms with E-state index in [9.17, 15) is 10.5 Å². The van der Waals surface area contributed by atoms with E-state index in [0.29, 0.717) is 51.0 Å². The zero-order valence-corrected chi connectivity index (χ0v) is 36.8. The lowest BCUT2D eigenvalue weighted by Gasteiger charge is -2.16. The number of nitriles is 2. The summed E-state index contributed by atoms with van der Waals surface area (Å²) in [6.45, 7) is 8.61. The first kappa shape index (κ1) is 38.9. The predicted molar refractivity (Wildman–Crippen MR) is 277 cm³/mol. The monoisotopic (exact) mass is 893 g/mol. The summed E-state index contributed by atoms with van der Waals surface area (Å²) in [7, 11) is 0. The summed E-state index contributed by atoms with van der Waals surface area (Å²) in [4.78, 5) is 14.3. The molecule has 70 heavy (non-hydrogen) atoms. The second-order valence-electron chi connectivity index (χ2n) is 17.3. The van der Waals surface area contributed by atoms with Gasteiger partial charge < -0.3 is 18.0 Å². The summed E-state index contributed by atoms with van der Waals surface area (Å²) in [5.74, 6) is 0.393. The molecule has 0 saturated heterocycles. The Bertz CT molecular complexity index is 4430. The van der Waals surface area contributed by atoms with E-state index in [1.165, 1.54) is 0 Å². The van der Waals surface area contributed by atoms with E-state index >= 15 is 0 Å². The van der Waals surface area contributed by atoms with Crippen LogP contribution in [0, 0.1) is 29.2 Å². The highest BCUT2D eigenvalue weighted by atomic mass is 16.3. The van der Waals surface area contributed by atoms with Gasteiger partial charge in [-0.15, -0.1) is 0 Å². The molecule has 0 aliphatic rings. The number of benzene rings is 9. The number of hydrogen-bond donors (Lipinski definition) is 0. The number of fused-ring (bicyclic) bond motifs is 14. The minimum Gasteiger partial charge on any atom is -0.454 e. The Morgan fingerprint density at radius 1 is 0.443 bits per heavy atom. The Morgan fingerprint density at radius 3 is 1.49 bits per heavy atom. The zero-order valence-electron chi connectivity index (χ0n) is 36.8. The molecule has 0 aliphatic heterocycles. The topological polar surface area (TPSA) is 114 Å². The molecule has 0 unspecified atom stereocenters. The van der Waals surface area contributed by atoms with Gasteiger partial charge in [0.1, 0.15) is 28.9 Å². The molecular formula is C61H31N7O2. The average Bonchev–Trinajstić information content (AvgIpc) is 4.18. The fourth-order valence-electron chi connectivity index (χ4n) is 10.6. The maximum absolute atomic E-state index is 11.2. The van der Waals surface area contributed by atoms with E-state index in [2.05, 4.69) is 86.8 Å². The van der Waals surface area contributed by atoms with Crippen LogP contribution in [0.4, 0.5) is 5.69 Å². The van der Waals surface area contributed by atoms with Gasteiger partial charge in [-0.3, -0.25) is 0 Å². The highest BCUT2D eigenvalue weighted by Crippen LogP contribution is 2.45. The van der Waals surface area contributed by atoms with Crippen LogP contribution in [0.25, 0.3) is 138 Å². The molecule has 5 heterocycles. The lowest BCUT2D eigenvalue weighted by Crippen LogP contribution is -2.03. The van der Waals surface area contributed by atoms with Crippen LogP contribution in [0.3, 0.4) is 0 Å². The van der Waals surface area contributed by atoms with Crippen LogP contribution in [-0.2, 0) is 0 Å².